The molecule has 0 aromatic heterocycles. The highest BCUT2D eigenvalue weighted by atomic mass is 16.6. The summed E-state index contributed by atoms with van der Waals surface area (Å²) in [5.74, 6) is -0.997. The van der Waals surface area contributed by atoms with Crippen LogP contribution in [0, 0.1) is 20.2 Å². The molecule has 3 aromatic rings. The summed E-state index contributed by atoms with van der Waals surface area (Å²) in [5.41, 5.74) is 1.56. The molecule has 1 aliphatic heterocycles. The average Bonchev–Trinajstić information content (AvgIpc) is 3.19. The number of carbonyl (C=O) groups excluding carboxylic acids is 1. The van der Waals surface area contributed by atoms with E-state index in [0.29, 0.717) is 5.56 Å². The number of carbonyl (C=O) groups is 1. The number of nitro benzene ring substituents is 2. The first-order valence-corrected chi connectivity index (χ1v) is 9.67. The van der Waals surface area contributed by atoms with Gasteiger partial charge in [0.2, 0.25) is 5.90 Å². The van der Waals surface area contributed by atoms with Crippen molar-refractivity contribution in [2.45, 2.75) is 0 Å². The number of nitrogens with zero attached hydrogens (tertiary/aromatic N) is 4. The lowest BCUT2D eigenvalue weighted by Crippen LogP contribution is -2.08. The first-order chi connectivity index (χ1) is 15.8. The largest absolute Gasteiger partial charge is 0.402 e. The van der Waals surface area contributed by atoms with Crippen LogP contribution in [0.15, 0.2) is 83.5 Å². The first kappa shape index (κ1) is 21.4. The summed E-state index contributed by atoms with van der Waals surface area (Å²) >= 11 is 0. The fourth-order valence-electron chi connectivity index (χ4n) is 3.21. The van der Waals surface area contributed by atoms with Crippen LogP contribution in [0.5, 0.6) is 0 Å². The van der Waals surface area contributed by atoms with Crippen LogP contribution in [0.25, 0.3) is 6.08 Å². The van der Waals surface area contributed by atoms with Gasteiger partial charge in [0.25, 0.3) is 11.4 Å². The van der Waals surface area contributed by atoms with E-state index in [9.17, 15) is 25.0 Å². The Kier molecular flexibility index (Phi) is 5.64. The molecule has 10 nitrogen and oxygen atoms in total. The lowest BCUT2D eigenvalue weighted by Gasteiger charge is -2.19. The average molecular weight is 444 g/mol. The van der Waals surface area contributed by atoms with Gasteiger partial charge in [-0.3, -0.25) is 20.2 Å². The second-order valence-electron chi connectivity index (χ2n) is 7.07. The van der Waals surface area contributed by atoms with Gasteiger partial charge >= 0.3 is 5.97 Å². The molecule has 0 amide bonds. The zero-order valence-electron chi connectivity index (χ0n) is 17.2. The molecule has 10 heteroatoms. The molecule has 0 fully saturated rings. The van der Waals surface area contributed by atoms with Crippen molar-refractivity contribution in [3.63, 3.8) is 0 Å². The second kappa shape index (κ2) is 8.71. The highest BCUT2D eigenvalue weighted by Gasteiger charge is 2.27. The van der Waals surface area contributed by atoms with E-state index < -0.39 is 27.2 Å². The number of esters is 1. The molecule has 0 bridgehead atoms. The molecule has 0 aliphatic carbocycles. The van der Waals surface area contributed by atoms with Gasteiger partial charge in [-0.1, -0.05) is 30.3 Å². The van der Waals surface area contributed by atoms with E-state index >= 15 is 0 Å². The smallest absolute Gasteiger partial charge is 0.363 e. The summed E-state index contributed by atoms with van der Waals surface area (Å²) in [5, 5.41) is 22.2. The van der Waals surface area contributed by atoms with E-state index in [1.807, 2.05) is 54.4 Å². The van der Waals surface area contributed by atoms with Crippen molar-refractivity contribution in [3.05, 3.63) is 110 Å². The normalized spacial score (nSPS) is 14.0. The third-order valence-corrected chi connectivity index (χ3v) is 4.92. The molecule has 4 rings (SSSR count). The summed E-state index contributed by atoms with van der Waals surface area (Å²) in [4.78, 5) is 39.0. The molecular formula is C23H16N4O6. The number of para-hydroxylation sites is 1. The van der Waals surface area contributed by atoms with Crippen molar-refractivity contribution in [1.29, 1.82) is 0 Å². The molecule has 164 valence electrons. The number of rotatable bonds is 6. The van der Waals surface area contributed by atoms with Crippen LogP contribution in [0.4, 0.5) is 22.7 Å². The lowest BCUT2D eigenvalue weighted by atomic mass is 10.1. The third kappa shape index (κ3) is 4.59. The summed E-state index contributed by atoms with van der Waals surface area (Å²) < 4.78 is 5.11. The lowest BCUT2D eigenvalue weighted by molar-refractivity contribution is -0.394. The molecule has 0 saturated heterocycles. The summed E-state index contributed by atoms with van der Waals surface area (Å²) in [6.07, 6.45) is 1.51. The van der Waals surface area contributed by atoms with Gasteiger partial charge in [0.1, 0.15) is 0 Å². The predicted octanol–water partition coefficient (Wildman–Crippen LogP) is 4.62. The maximum absolute atomic E-state index is 12.3. The van der Waals surface area contributed by atoms with Crippen molar-refractivity contribution < 1.29 is 19.4 Å². The van der Waals surface area contributed by atoms with E-state index in [0.717, 1.165) is 29.6 Å². The quantitative estimate of drug-likeness (QED) is 0.235. The Balaban J connectivity index is 1.61. The van der Waals surface area contributed by atoms with Crippen molar-refractivity contribution >= 4 is 40.7 Å². The molecule has 3 aromatic carbocycles. The summed E-state index contributed by atoms with van der Waals surface area (Å²) in [6, 6.07) is 20.1. The number of non-ortho nitro benzene ring substituents is 2. The summed E-state index contributed by atoms with van der Waals surface area (Å²) in [6.45, 7) is 0. The van der Waals surface area contributed by atoms with Crippen LogP contribution in [-0.2, 0) is 9.53 Å². The van der Waals surface area contributed by atoms with Crippen LogP contribution in [-0.4, -0.2) is 28.8 Å². The van der Waals surface area contributed by atoms with Gasteiger partial charge in [0.15, 0.2) is 5.70 Å². The highest BCUT2D eigenvalue weighted by Crippen LogP contribution is 2.27. The van der Waals surface area contributed by atoms with Gasteiger partial charge in [-0.25, -0.2) is 9.79 Å². The Labute approximate surface area is 187 Å². The Morgan fingerprint density at radius 1 is 0.879 bits per heavy atom. The molecule has 0 radical (unpaired) electrons. The number of hydrogen-bond acceptors (Lipinski definition) is 8. The maximum atomic E-state index is 12.3. The molecule has 33 heavy (non-hydrogen) atoms. The fraction of sp³-hybridized carbons (Fsp3) is 0.0435. The van der Waals surface area contributed by atoms with E-state index in [1.165, 1.54) is 6.08 Å². The number of hydrogen-bond donors (Lipinski definition) is 0. The van der Waals surface area contributed by atoms with E-state index in [-0.39, 0.29) is 17.2 Å². The summed E-state index contributed by atoms with van der Waals surface area (Å²) in [7, 11) is 1.94. The Bertz CT molecular complexity index is 1280. The highest BCUT2D eigenvalue weighted by molar-refractivity contribution is 6.13. The Hall–Kier alpha value is -4.86. The van der Waals surface area contributed by atoms with Crippen LogP contribution in [0.1, 0.15) is 11.1 Å². The number of anilines is 2. The SMILES string of the molecule is CN(c1ccccc1)c1ccc(C=C2N=C(c3cc([N+](=O)[O-])cc([N+](=O)[O-])c3)OC2=O)cc1. The minimum Gasteiger partial charge on any atom is -0.402 e. The molecule has 0 atom stereocenters. The maximum Gasteiger partial charge on any atom is 0.363 e. The first-order valence-electron chi connectivity index (χ1n) is 9.67. The van der Waals surface area contributed by atoms with Gasteiger partial charge in [-0.15, -0.1) is 0 Å². The molecular weight excluding hydrogens is 428 g/mol. The van der Waals surface area contributed by atoms with Gasteiger partial charge in [-0.2, -0.15) is 0 Å². The molecule has 0 unspecified atom stereocenters. The van der Waals surface area contributed by atoms with E-state index in [2.05, 4.69) is 4.99 Å². The minimum atomic E-state index is -0.765. The van der Waals surface area contributed by atoms with Crippen LogP contribution >= 0.6 is 0 Å². The number of aliphatic imine (C=N–C) groups is 1. The van der Waals surface area contributed by atoms with Crippen LogP contribution in [0.3, 0.4) is 0 Å². The Morgan fingerprint density at radius 2 is 1.45 bits per heavy atom. The van der Waals surface area contributed by atoms with Gasteiger partial charge in [-0.05, 0) is 35.9 Å². The molecule has 0 spiro atoms. The Morgan fingerprint density at radius 3 is 2.03 bits per heavy atom. The van der Waals surface area contributed by atoms with Gasteiger partial charge in [0, 0.05) is 30.6 Å². The minimum absolute atomic E-state index is 0.0247. The van der Waals surface area contributed by atoms with Crippen LogP contribution in [0.2, 0.25) is 0 Å². The van der Waals surface area contributed by atoms with Gasteiger partial charge in [0.05, 0.1) is 21.5 Å². The van der Waals surface area contributed by atoms with Crippen molar-refractivity contribution in [3.8, 4) is 0 Å². The van der Waals surface area contributed by atoms with Crippen molar-refractivity contribution in [1.82, 2.24) is 0 Å². The number of nitro groups is 2. The topological polar surface area (TPSA) is 128 Å². The number of ether oxygens (including phenoxy) is 1. The molecule has 1 aliphatic rings. The van der Waals surface area contributed by atoms with Crippen molar-refractivity contribution in [2.24, 2.45) is 4.99 Å². The van der Waals surface area contributed by atoms with E-state index in [4.69, 9.17) is 4.74 Å². The monoisotopic (exact) mass is 444 g/mol. The molecule has 1 heterocycles. The van der Waals surface area contributed by atoms with Gasteiger partial charge < -0.3 is 9.64 Å². The van der Waals surface area contributed by atoms with E-state index in [1.54, 1.807) is 12.1 Å². The number of cyclic esters (lactones) is 1. The molecule has 0 saturated carbocycles. The third-order valence-electron chi connectivity index (χ3n) is 4.92. The molecule has 0 N–H and O–H groups in total. The van der Waals surface area contributed by atoms with Crippen LogP contribution < -0.4 is 4.90 Å². The standard InChI is InChI=1S/C23H16N4O6/c1-25(17-5-3-2-4-6-17)18-9-7-15(8-10-18)11-21-23(28)33-22(24-21)16-12-19(26(29)30)14-20(13-16)27(31)32/h2-14H,1H3. The predicted molar refractivity (Wildman–Crippen MR) is 121 cm³/mol. The zero-order valence-corrected chi connectivity index (χ0v) is 17.2. The second-order valence-corrected chi connectivity index (χ2v) is 7.07. The number of benzene rings is 3. The fourth-order valence-corrected chi connectivity index (χ4v) is 3.21. The zero-order chi connectivity index (χ0) is 23.5. The van der Waals surface area contributed by atoms with Crippen molar-refractivity contribution in [2.75, 3.05) is 11.9 Å².